The van der Waals surface area contributed by atoms with Gasteiger partial charge in [0.15, 0.2) is 11.6 Å². The highest BCUT2D eigenvalue weighted by atomic mass is 32.2. The second kappa shape index (κ2) is 6.73. The zero-order valence-electron chi connectivity index (χ0n) is 12.1. The molecule has 22 heavy (non-hydrogen) atoms. The van der Waals surface area contributed by atoms with E-state index in [1.54, 1.807) is 24.1 Å². The van der Waals surface area contributed by atoms with Gasteiger partial charge in [-0.3, -0.25) is 9.48 Å². The van der Waals surface area contributed by atoms with Gasteiger partial charge in [-0.2, -0.15) is 5.10 Å². The molecule has 1 amide bonds. The number of anilines is 1. The average molecular weight is 328 g/mol. The number of nitrogens with zero attached hydrogens (tertiary/aromatic N) is 2. The molecule has 2 aromatic heterocycles. The molecule has 0 radical (unpaired) electrons. The molecular weight excluding hydrogens is 312 g/mol. The molecule has 9 nitrogen and oxygen atoms in total. The summed E-state index contributed by atoms with van der Waals surface area (Å²) < 4.78 is 36.7. The van der Waals surface area contributed by atoms with Crippen molar-refractivity contribution in [3.8, 4) is 0 Å². The van der Waals surface area contributed by atoms with Gasteiger partial charge in [-0.05, 0) is 19.2 Å². The first-order valence-corrected chi connectivity index (χ1v) is 7.81. The topological polar surface area (TPSA) is 115 Å². The Morgan fingerprint density at radius 1 is 1.41 bits per heavy atom. The maximum absolute atomic E-state index is 12.0. The van der Waals surface area contributed by atoms with Crippen molar-refractivity contribution in [1.82, 2.24) is 14.5 Å². The second-order valence-electron chi connectivity index (χ2n) is 4.24. The molecule has 0 saturated carbocycles. The zero-order chi connectivity index (χ0) is 16.2. The lowest BCUT2D eigenvalue weighted by atomic mass is 10.4. The predicted octanol–water partition coefficient (Wildman–Crippen LogP) is 0.283. The van der Waals surface area contributed by atoms with Gasteiger partial charge in [-0.15, -0.1) is 0 Å². The highest BCUT2D eigenvalue weighted by Gasteiger charge is 2.19. The number of aromatic nitrogens is 2. The fourth-order valence-electron chi connectivity index (χ4n) is 1.60. The van der Waals surface area contributed by atoms with E-state index in [1.165, 1.54) is 19.2 Å². The number of carbonyl (C=O) groups is 1. The third kappa shape index (κ3) is 3.72. The highest BCUT2D eigenvalue weighted by Crippen LogP contribution is 2.15. The van der Waals surface area contributed by atoms with Gasteiger partial charge in [-0.25, -0.2) is 13.1 Å². The van der Waals surface area contributed by atoms with Crippen LogP contribution in [0.1, 0.15) is 10.6 Å². The van der Waals surface area contributed by atoms with Crippen molar-refractivity contribution >= 4 is 21.7 Å². The summed E-state index contributed by atoms with van der Waals surface area (Å²) in [5, 5.41) is 6.31. The minimum absolute atomic E-state index is 0.125. The van der Waals surface area contributed by atoms with E-state index in [1.807, 2.05) is 0 Å². The summed E-state index contributed by atoms with van der Waals surface area (Å²) in [6.07, 6.45) is 1.69. The number of carbonyl (C=O) groups excluding carboxylic acids is 1. The summed E-state index contributed by atoms with van der Waals surface area (Å²) in [6, 6.07) is 4.10. The van der Waals surface area contributed by atoms with Crippen molar-refractivity contribution in [2.45, 2.75) is 11.6 Å². The Hall–Kier alpha value is -2.17. The van der Waals surface area contributed by atoms with E-state index < -0.39 is 15.9 Å². The molecule has 0 aliphatic carbocycles. The first kappa shape index (κ1) is 16.2. The Bertz CT molecular complexity index is 749. The monoisotopic (exact) mass is 328 g/mol. The quantitative estimate of drug-likeness (QED) is 0.754. The highest BCUT2D eigenvalue weighted by molar-refractivity contribution is 7.89. The largest absolute Gasteiger partial charge is 0.438 e. The van der Waals surface area contributed by atoms with Crippen molar-refractivity contribution in [2.75, 3.05) is 26.1 Å². The molecule has 0 aliphatic rings. The number of nitrogens with one attached hydrogen (secondary N) is 2. The lowest BCUT2D eigenvalue weighted by Gasteiger charge is -2.01. The van der Waals surface area contributed by atoms with Gasteiger partial charge < -0.3 is 14.5 Å². The van der Waals surface area contributed by atoms with Crippen molar-refractivity contribution in [2.24, 2.45) is 0 Å². The summed E-state index contributed by atoms with van der Waals surface area (Å²) in [4.78, 5) is 12.0. The van der Waals surface area contributed by atoms with Crippen LogP contribution in [-0.4, -0.2) is 44.9 Å². The van der Waals surface area contributed by atoms with Crippen molar-refractivity contribution in [3.05, 3.63) is 30.2 Å². The van der Waals surface area contributed by atoms with Gasteiger partial charge in [0.25, 0.3) is 15.9 Å². The van der Waals surface area contributed by atoms with Crippen LogP contribution in [0.5, 0.6) is 0 Å². The van der Waals surface area contributed by atoms with E-state index in [4.69, 9.17) is 9.15 Å². The molecule has 2 rings (SSSR count). The number of furan rings is 1. The van der Waals surface area contributed by atoms with Crippen molar-refractivity contribution in [1.29, 1.82) is 0 Å². The van der Waals surface area contributed by atoms with E-state index in [0.717, 1.165) is 0 Å². The molecule has 0 aromatic carbocycles. The zero-order valence-corrected chi connectivity index (χ0v) is 12.9. The van der Waals surface area contributed by atoms with E-state index in [0.29, 0.717) is 19.0 Å². The Morgan fingerprint density at radius 2 is 2.18 bits per heavy atom. The summed E-state index contributed by atoms with van der Waals surface area (Å²) in [6.45, 7) is 1.05. The average Bonchev–Trinajstić information content (AvgIpc) is 3.14. The number of methoxy groups -OCH3 is 1. The minimum Gasteiger partial charge on any atom is -0.438 e. The third-order valence-corrected chi connectivity index (χ3v) is 4.03. The van der Waals surface area contributed by atoms with Crippen LogP contribution in [0.2, 0.25) is 0 Å². The van der Waals surface area contributed by atoms with Crippen LogP contribution in [-0.2, 0) is 21.3 Å². The van der Waals surface area contributed by atoms with Crippen LogP contribution in [0.25, 0.3) is 0 Å². The number of sulfonamides is 1. The van der Waals surface area contributed by atoms with Gasteiger partial charge >= 0.3 is 0 Å². The first-order valence-electron chi connectivity index (χ1n) is 6.33. The fraction of sp³-hybridized carbons (Fsp3) is 0.333. The van der Waals surface area contributed by atoms with Crippen LogP contribution in [0.15, 0.2) is 33.9 Å². The molecule has 120 valence electrons. The molecule has 0 fully saturated rings. The number of hydrogen-bond acceptors (Lipinski definition) is 6. The van der Waals surface area contributed by atoms with Gasteiger partial charge in [0, 0.05) is 19.4 Å². The number of ether oxygens (including phenoxy) is 1. The minimum atomic E-state index is -3.72. The molecule has 0 aliphatic heterocycles. The van der Waals surface area contributed by atoms with Gasteiger partial charge in [0.05, 0.1) is 13.2 Å². The molecule has 10 heteroatoms. The Balaban J connectivity index is 2.05. The summed E-state index contributed by atoms with van der Waals surface area (Å²) in [5.41, 5.74) is 0. The lowest BCUT2D eigenvalue weighted by Crippen LogP contribution is -2.18. The molecule has 0 unspecified atom stereocenters. The van der Waals surface area contributed by atoms with Crippen molar-refractivity contribution < 1.29 is 22.4 Å². The Labute approximate surface area is 127 Å². The number of hydrogen-bond donors (Lipinski definition) is 2. The summed E-state index contributed by atoms with van der Waals surface area (Å²) in [5.74, 6) is -0.384. The van der Waals surface area contributed by atoms with Crippen molar-refractivity contribution in [3.63, 3.8) is 0 Å². The lowest BCUT2D eigenvalue weighted by molar-refractivity contribution is 0.0991. The maximum atomic E-state index is 12.0. The normalized spacial score (nSPS) is 11.5. The molecule has 0 saturated heterocycles. The van der Waals surface area contributed by atoms with E-state index in [-0.39, 0.29) is 10.9 Å². The fourth-order valence-corrected chi connectivity index (χ4v) is 2.25. The van der Waals surface area contributed by atoms with Gasteiger partial charge in [-0.1, -0.05) is 0 Å². The number of amides is 1. The molecular formula is C12H16N4O5S. The van der Waals surface area contributed by atoms with E-state index >= 15 is 0 Å². The van der Waals surface area contributed by atoms with Gasteiger partial charge in [0.1, 0.15) is 0 Å². The predicted molar refractivity (Wildman–Crippen MR) is 77.0 cm³/mol. The molecule has 0 atom stereocenters. The summed E-state index contributed by atoms with van der Waals surface area (Å²) in [7, 11) is -0.883. The first-order chi connectivity index (χ1) is 10.5. The van der Waals surface area contributed by atoms with Crippen LogP contribution >= 0.6 is 0 Å². The second-order valence-corrected chi connectivity index (χ2v) is 6.05. The number of rotatable bonds is 7. The SMILES string of the molecule is CNS(=O)(=O)c1ccc(C(=O)Nc2ccn(CCOC)n2)o1. The van der Waals surface area contributed by atoms with E-state index in [9.17, 15) is 13.2 Å². The third-order valence-electron chi connectivity index (χ3n) is 2.75. The Kier molecular flexibility index (Phi) is 4.96. The van der Waals surface area contributed by atoms with Crippen LogP contribution < -0.4 is 10.0 Å². The standard InChI is InChI=1S/C12H16N4O5S/c1-13-22(18,19)11-4-3-9(21-11)12(17)14-10-5-6-16(15-10)7-8-20-2/h3-6,13H,7-8H2,1-2H3,(H,14,15,17). The molecule has 2 heterocycles. The molecule has 0 spiro atoms. The molecule has 2 aromatic rings. The van der Waals surface area contributed by atoms with Crippen LogP contribution in [0.3, 0.4) is 0 Å². The van der Waals surface area contributed by atoms with Crippen LogP contribution in [0, 0.1) is 0 Å². The van der Waals surface area contributed by atoms with Crippen LogP contribution in [0.4, 0.5) is 5.82 Å². The maximum Gasteiger partial charge on any atom is 0.292 e. The molecule has 0 bridgehead atoms. The molecule has 2 N–H and O–H groups in total. The van der Waals surface area contributed by atoms with E-state index in [2.05, 4.69) is 15.1 Å². The summed E-state index contributed by atoms with van der Waals surface area (Å²) >= 11 is 0. The van der Waals surface area contributed by atoms with Gasteiger partial charge in [0.2, 0.25) is 5.09 Å². The Morgan fingerprint density at radius 3 is 2.86 bits per heavy atom. The smallest absolute Gasteiger partial charge is 0.292 e.